The first kappa shape index (κ1) is 18.4. The molecule has 2 aromatic carbocycles. The van der Waals surface area contributed by atoms with Crippen molar-refractivity contribution in [3.63, 3.8) is 0 Å². The molecule has 0 saturated carbocycles. The van der Waals surface area contributed by atoms with E-state index in [1.807, 2.05) is 39.0 Å². The summed E-state index contributed by atoms with van der Waals surface area (Å²) in [6, 6.07) is 8.84. The maximum absolute atomic E-state index is 13.5. The summed E-state index contributed by atoms with van der Waals surface area (Å²) in [5.74, 6) is 2.07. The molecule has 3 aromatic rings. The lowest BCUT2D eigenvalue weighted by molar-refractivity contribution is 0.297. The number of phenolic OH excluding ortho intramolecular Hbond substituents is 1. The Hall–Kier alpha value is -2.95. The molecule has 28 heavy (non-hydrogen) atoms. The van der Waals surface area contributed by atoms with E-state index in [9.17, 15) is 9.90 Å². The van der Waals surface area contributed by atoms with E-state index in [4.69, 9.17) is 13.9 Å². The molecule has 2 heterocycles. The van der Waals surface area contributed by atoms with Gasteiger partial charge in [0.1, 0.15) is 17.1 Å². The summed E-state index contributed by atoms with van der Waals surface area (Å²) in [7, 11) is 0. The number of aromatic hydroxyl groups is 1. The molecule has 0 bridgehead atoms. The van der Waals surface area contributed by atoms with E-state index in [-0.39, 0.29) is 17.1 Å². The van der Waals surface area contributed by atoms with E-state index in [1.165, 1.54) is 0 Å². The van der Waals surface area contributed by atoms with Crippen molar-refractivity contribution in [1.29, 1.82) is 0 Å². The number of hydrogen-bond donors (Lipinski definition) is 1. The zero-order chi connectivity index (χ0) is 19.8. The highest BCUT2D eigenvalue weighted by molar-refractivity contribution is 5.85. The first-order chi connectivity index (χ1) is 13.5. The largest absolute Gasteiger partial charge is 0.508 e. The highest BCUT2D eigenvalue weighted by Gasteiger charge is 2.21. The van der Waals surface area contributed by atoms with E-state index in [0.717, 1.165) is 17.5 Å². The van der Waals surface area contributed by atoms with Crippen LogP contribution in [0.5, 0.6) is 17.2 Å². The fraction of sp³-hybridized carbons (Fsp3) is 0.348. The van der Waals surface area contributed by atoms with Gasteiger partial charge in [-0.2, -0.15) is 0 Å². The second-order valence-corrected chi connectivity index (χ2v) is 7.37. The van der Waals surface area contributed by atoms with Gasteiger partial charge < -0.3 is 19.0 Å². The van der Waals surface area contributed by atoms with Crippen LogP contribution in [0.2, 0.25) is 0 Å². The third-order valence-corrected chi connectivity index (χ3v) is 5.06. The second-order valence-electron chi connectivity index (χ2n) is 7.37. The van der Waals surface area contributed by atoms with Gasteiger partial charge in [0, 0.05) is 18.4 Å². The minimum absolute atomic E-state index is 0.00364. The zero-order valence-electron chi connectivity index (χ0n) is 16.4. The molecule has 1 N–H and O–H groups in total. The monoisotopic (exact) mass is 380 g/mol. The van der Waals surface area contributed by atoms with Crippen LogP contribution in [-0.4, -0.2) is 18.3 Å². The second kappa shape index (κ2) is 7.23. The van der Waals surface area contributed by atoms with Crippen molar-refractivity contribution in [2.75, 3.05) is 13.2 Å². The number of phenols is 1. The molecule has 4 rings (SSSR count). The Balaban J connectivity index is 1.99. The van der Waals surface area contributed by atoms with Gasteiger partial charge in [-0.05, 0) is 35.7 Å². The Kier molecular flexibility index (Phi) is 4.75. The van der Waals surface area contributed by atoms with Crippen molar-refractivity contribution < 1.29 is 19.0 Å². The maximum atomic E-state index is 13.5. The fourth-order valence-electron chi connectivity index (χ4n) is 3.57. The molecule has 0 radical (unpaired) electrons. The Bertz CT molecular complexity index is 1090. The van der Waals surface area contributed by atoms with Crippen LogP contribution in [0.3, 0.4) is 0 Å². The Morgan fingerprint density at radius 1 is 1.07 bits per heavy atom. The van der Waals surface area contributed by atoms with Gasteiger partial charge in [0.25, 0.3) is 0 Å². The highest BCUT2D eigenvalue weighted by atomic mass is 16.5. The summed E-state index contributed by atoms with van der Waals surface area (Å²) in [6.45, 7) is 7.10. The normalized spacial score (nSPS) is 13.7. The smallest absolute Gasteiger partial charge is 0.200 e. The van der Waals surface area contributed by atoms with Crippen LogP contribution >= 0.6 is 0 Å². The summed E-state index contributed by atoms with van der Waals surface area (Å²) in [4.78, 5) is 13.5. The van der Waals surface area contributed by atoms with E-state index < -0.39 is 0 Å². The Morgan fingerprint density at radius 3 is 2.54 bits per heavy atom. The van der Waals surface area contributed by atoms with Crippen molar-refractivity contribution in [3.8, 4) is 28.4 Å². The van der Waals surface area contributed by atoms with Crippen LogP contribution in [0.15, 0.2) is 39.5 Å². The van der Waals surface area contributed by atoms with Gasteiger partial charge in [-0.15, -0.1) is 0 Å². The lowest BCUT2D eigenvalue weighted by Gasteiger charge is -2.15. The van der Waals surface area contributed by atoms with E-state index in [0.29, 0.717) is 53.4 Å². The van der Waals surface area contributed by atoms with E-state index in [1.54, 1.807) is 12.1 Å². The minimum atomic E-state index is -0.103. The van der Waals surface area contributed by atoms with Crippen molar-refractivity contribution >= 4 is 11.0 Å². The van der Waals surface area contributed by atoms with E-state index in [2.05, 4.69) is 0 Å². The van der Waals surface area contributed by atoms with Crippen LogP contribution in [0.25, 0.3) is 22.1 Å². The summed E-state index contributed by atoms with van der Waals surface area (Å²) in [6.07, 6.45) is 1.45. The molecule has 0 unspecified atom stereocenters. The van der Waals surface area contributed by atoms with Gasteiger partial charge in [-0.1, -0.05) is 26.8 Å². The summed E-state index contributed by atoms with van der Waals surface area (Å²) in [5.41, 5.74) is 2.30. The summed E-state index contributed by atoms with van der Waals surface area (Å²) < 4.78 is 17.6. The van der Waals surface area contributed by atoms with E-state index >= 15 is 0 Å². The predicted octanol–water partition coefficient (Wildman–Crippen LogP) is 5.01. The number of aryl methyl sites for hydroxylation is 1. The summed E-state index contributed by atoms with van der Waals surface area (Å²) >= 11 is 0. The lowest BCUT2D eigenvalue weighted by atomic mass is 9.96. The predicted molar refractivity (Wildman–Crippen MR) is 109 cm³/mol. The first-order valence-corrected chi connectivity index (χ1v) is 9.72. The zero-order valence-corrected chi connectivity index (χ0v) is 16.4. The molecular weight excluding hydrogens is 356 g/mol. The van der Waals surface area contributed by atoms with Crippen molar-refractivity contribution in [2.24, 2.45) is 0 Å². The Labute approximate surface area is 163 Å². The van der Waals surface area contributed by atoms with Gasteiger partial charge in [0.15, 0.2) is 11.5 Å². The quantitative estimate of drug-likeness (QED) is 0.691. The molecule has 0 saturated heterocycles. The molecular formula is C23H24O5. The van der Waals surface area contributed by atoms with Gasteiger partial charge in [-0.3, -0.25) is 4.79 Å². The molecule has 5 heteroatoms. The topological polar surface area (TPSA) is 68.9 Å². The molecule has 0 atom stereocenters. The number of rotatable bonds is 3. The molecule has 0 amide bonds. The maximum Gasteiger partial charge on any atom is 0.200 e. The molecule has 0 fully saturated rings. The van der Waals surface area contributed by atoms with Gasteiger partial charge in [0.05, 0.1) is 24.2 Å². The number of fused-ring (bicyclic) bond motifs is 2. The lowest BCUT2D eigenvalue weighted by Crippen LogP contribution is -2.11. The SMILES string of the molecule is CCc1cc2c(=O)c(-c3ccc4c(c3)OCCCO4)c(C(C)C)oc2cc1O. The van der Waals surface area contributed by atoms with Crippen LogP contribution in [-0.2, 0) is 6.42 Å². The molecule has 1 aliphatic heterocycles. The highest BCUT2D eigenvalue weighted by Crippen LogP contribution is 2.37. The molecule has 146 valence electrons. The summed E-state index contributed by atoms with van der Waals surface area (Å²) in [5, 5.41) is 10.7. The minimum Gasteiger partial charge on any atom is -0.508 e. The van der Waals surface area contributed by atoms with Crippen LogP contribution < -0.4 is 14.9 Å². The third kappa shape index (κ3) is 3.11. The molecule has 0 aliphatic carbocycles. The van der Waals surface area contributed by atoms with Gasteiger partial charge in [0.2, 0.25) is 5.43 Å². The molecule has 1 aromatic heterocycles. The van der Waals surface area contributed by atoms with Crippen molar-refractivity contribution in [1.82, 2.24) is 0 Å². The molecule has 5 nitrogen and oxygen atoms in total. The van der Waals surface area contributed by atoms with Gasteiger partial charge in [-0.25, -0.2) is 0 Å². The van der Waals surface area contributed by atoms with Gasteiger partial charge >= 0.3 is 0 Å². The van der Waals surface area contributed by atoms with Crippen LogP contribution in [0.4, 0.5) is 0 Å². The average molecular weight is 380 g/mol. The van der Waals surface area contributed by atoms with Crippen LogP contribution in [0.1, 0.15) is 44.4 Å². The standard InChI is InChI=1S/C23H24O5/c1-4-14-10-16-19(12-17(14)24)28-23(13(2)3)21(22(16)25)15-6-7-18-20(11-15)27-9-5-8-26-18/h6-7,10-13,24H,4-5,8-9H2,1-3H3. The van der Waals surface area contributed by atoms with Crippen LogP contribution in [0, 0.1) is 0 Å². The van der Waals surface area contributed by atoms with Crippen molar-refractivity contribution in [3.05, 3.63) is 51.9 Å². The number of benzene rings is 2. The molecule has 0 spiro atoms. The molecule has 1 aliphatic rings. The first-order valence-electron chi connectivity index (χ1n) is 9.72. The average Bonchev–Trinajstić information content (AvgIpc) is 2.92. The number of ether oxygens (including phenoxy) is 2. The third-order valence-electron chi connectivity index (χ3n) is 5.06. The Morgan fingerprint density at radius 2 is 1.82 bits per heavy atom. The number of hydrogen-bond acceptors (Lipinski definition) is 5. The fourth-order valence-corrected chi connectivity index (χ4v) is 3.57. The van der Waals surface area contributed by atoms with Crippen molar-refractivity contribution in [2.45, 2.75) is 39.5 Å².